The van der Waals surface area contributed by atoms with Gasteiger partial charge in [-0.25, -0.2) is 0 Å². The molecule has 0 saturated carbocycles. The van der Waals surface area contributed by atoms with E-state index in [1.807, 2.05) is 0 Å². The number of rotatable bonds is 4. The quantitative estimate of drug-likeness (QED) is 0.514. The van der Waals surface area contributed by atoms with Crippen molar-refractivity contribution in [3.63, 3.8) is 0 Å². The highest BCUT2D eigenvalue weighted by Crippen LogP contribution is 2.28. The van der Waals surface area contributed by atoms with Crippen molar-refractivity contribution in [2.75, 3.05) is 24.3 Å². The monoisotopic (exact) mass is 301 g/mol. The number of nitrogens with zero attached hydrogens (tertiary/aromatic N) is 2. The minimum absolute atomic E-state index is 0.0738. The highest BCUT2D eigenvalue weighted by molar-refractivity contribution is 6.05. The molecule has 0 bridgehead atoms. The Morgan fingerprint density at radius 1 is 1.23 bits per heavy atom. The van der Waals surface area contributed by atoms with Gasteiger partial charge in [0.1, 0.15) is 11.4 Å². The Morgan fingerprint density at radius 2 is 1.91 bits per heavy atom. The third-order valence-electron chi connectivity index (χ3n) is 3.07. The van der Waals surface area contributed by atoms with Gasteiger partial charge in [-0.3, -0.25) is 14.9 Å². The molecule has 0 radical (unpaired) electrons. The van der Waals surface area contributed by atoms with Crippen LogP contribution in [0, 0.1) is 10.1 Å². The largest absolute Gasteiger partial charge is 0.506 e. The second-order valence-electron chi connectivity index (χ2n) is 4.83. The summed E-state index contributed by atoms with van der Waals surface area (Å²) >= 11 is 0. The third kappa shape index (κ3) is 3.14. The molecule has 2 aromatic rings. The van der Waals surface area contributed by atoms with Crippen molar-refractivity contribution >= 4 is 23.0 Å². The van der Waals surface area contributed by atoms with Gasteiger partial charge in [0.05, 0.1) is 10.6 Å². The lowest BCUT2D eigenvalue weighted by atomic mass is 10.1. The summed E-state index contributed by atoms with van der Waals surface area (Å²) in [5, 5.41) is 23.3. The Morgan fingerprint density at radius 3 is 2.50 bits per heavy atom. The molecule has 0 aromatic heterocycles. The number of amides is 1. The zero-order valence-electron chi connectivity index (χ0n) is 12.1. The molecule has 0 unspecified atom stereocenters. The second-order valence-corrected chi connectivity index (χ2v) is 4.83. The van der Waals surface area contributed by atoms with Crippen LogP contribution in [-0.4, -0.2) is 30.0 Å². The van der Waals surface area contributed by atoms with E-state index in [4.69, 9.17) is 0 Å². The van der Waals surface area contributed by atoms with E-state index in [1.165, 1.54) is 30.3 Å². The average molecular weight is 301 g/mol. The van der Waals surface area contributed by atoms with E-state index in [9.17, 15) is 20.0 Å². The van der Waals surface area contributed by atoms with Crippen LogP contribution in [0.25, 0.3) is 0 Å². The molecular weight excluding hydrogens is 286 g/mol. The molecule has 22 heavy (non-hydrogen) atoms. The van der Waals surface area contributed by atoms with Crippen LogP contribution in [-0.2, 0) is 0 Å². The molecule has 114 valence electrons. The summed E-state index contributed by atoms with van der Waals surface area (Å²) in [7, 11) is 3.37. The van der Waals surface area contributed by atoms with Gasteiger partial charge in [-0.05, 0) is 24.3 Å². The molecule has 0 saturated heterocycles. The van der Waals surface area contributed by atoms with Crippen LogP contribution < -0.4 is 10.2 Å². The number of phenols is 1. The molecule has 7 nitrogen and oxygen atoms in total. The van der Waals surface area contributed by atoms with Gasteiger partial charge >= 0.3 is 0 Å². The summed E-state index contributed by atoms with van der Waals surface area (Å²) in [6.07, 6.45) is 0. The van der Waals surface area contributed by atoms with Crippen LogP contribution >= 0.6 is 0 Å². The molecule has 2 rings (SSSR count). The molecule has 0 aliphatic heterocycles. The van der Waals surface area contributed by atoms with Gasteiger partial charge in [-0.2, -0.15) is 0 Å². The molecule has 7 heteroatoms. The number of benzene rings is 2. The minimum atomic E-state index is -0.536. The lowest BCUT2D eigenvalue weighted by Gasteiger charge is -2.13. The van der Waals surface area contributed by atoms with Gasteiger partial charge in [0.2, 0.25) is 0 Å². The van der Waals surface area contributed by atoms with E-state index < -0.39 is 10.8 Å². The van der Waals surface area contributed by atoms with Crippen molar-refractivity contribution < 1.29 is 14.8 Å². The van der Waals surface area contributed by atoms with E-state index in [1.54, 1.807) is 31.1 Å². The molecule has 0 heterocycles. The van der Waals surface area contributed by atoms with Crippen LogP contribution in [0.5, 0.6) is 5.75 Å². The number of nitro groups is 1. The summed E-state index contributed by atoms with van der Waals surface area (Å²) in [5.74, 6) is -0.606. The molecular formula is C15H15N3O4. The Balaban J connectivity index is 2.33. The first-order valence-corrected chi connectivity index (χ1v) is 6.45. The Bertz CT molecular complexity index is 728. The number of phenolic OH excluding ortho intramolecular Hbond substituents is 1. The number of hydrogen-bond donors (Lipinski definition) is 2. The molecule has 2 N–H and O–H groups in total. The summed E-state index contributed by atoms with van der Waals surface area (Å²) in [6, 6.07) is 10.5. The first-order valence-electron chi connectivity index (χ1n) is 6.45. The SMILES string of the molecule is CN(C)c1ccc(C(=O)Nc2ccccc2O)cc1[N+](=O)[O-]. The smallest absolute Gasteiger partial charge is 0.293 e. The standard InChI is InChI=1S/C15H15N3O4/c1-17(2)12-8-7-10(9-13(12)18(21)22)15(20)16-11-5-3-4-6-14(11)19/h3-9,19H,1-2H3,(H,16,20). The Labute approximate surface area is 127 Å². The zero-order valence-corrected chi connectivity index (χ0v) is 12.1. The third-order valence-corrected chi connectivity index (χ3v) is 3.07. The van der Waals surface area contributed by atoms with Crippen molar-refractivity contribution in [2.45, 2.75) is 0 Å². The highest BCUT2D eigenvalue weighted by Gasteiger charge is 2.19. The summed E-state index contributed by atoms with van der Waals surface area (Å²) in [5.41, 5.74) is 0.631. The number of carbonyl (C=O) groups is 1. The number of hydrogen-bond acceptors (Lipinski definition) is 5. The van der Waals surface area contributed by atoms with E-state index >= 15 is 0 Å². The number of aromatic hydroxyl groups is 1. The Hall–Kier alpha value is -3.09. The van der Waals surface area contributed by atoms with E-state index in [0.29, 0.717) is 5.69 Å². The number of carbonyl (C=O) groups excluding carboxylic acids is 1. The van der Waals surface area contributed by atoms with Gasteiger partial charge < -0.3 is 15.3 Å². The van der Waals surface area contributed by atoms with Crippen molar-refractivity contribution in [3.05, 3.63) is 58.1 Å². The highest BCUT2D eigenvalue weighted by atomic mass is 16.6. The maximum absolute atomic E-state index is 12.2. The van der Waals surface area contributed by atoms with Crippen LogP contribution in [0.2, 0.25) is 0 Å². The van der Waals surface area contributed by atoms with Crippen LogP contribution in [0.3, 0.4) is 0 Å². The first kappa shape index (κ1) is 15.3. The first-order chi connectivity index (χ1) is 10.4. The van der Waals surface area contributed by atoms with Crippen molar-refractivity contribution in [1.29, 1.82) is 0 Å². The fourth-order valence-electron chi connectivity index (χ4n) is 1.96. The average Bonchev–Trinajstić information content (AvgIpc) is 2.48. The molecule has 0 spiro atoms. The van der Waals surface area contributed by atoms with Crippen LogP contribution in [0.15, 0.2) is 42.5 Å². The zero-order chi connectivity index (χ0) is 16.3. The number of nitro benzene ring substituents is 1. The molecule has 0 aliphatic carbocycles. The normalized spacial score (nSPS) is 10.1. The second kappa shape index (κ2) is 6.13. The number of nitrogens with one attached hydrogen (secondary N) is 1. The fourth-order valence-corrected chi connectivity index (χ4v) is 1.96. The van der Waals surface area contributed by atoms with Gasteiger partial charge in [-0.15, -0.1) is 0 Å². The molecule has 0 fully saturated rings. The lowest BCUT2D eigenvalue weighted by molar-refractivity contribution is -0.384. The van der Waals surface area contributed by atoms with Crippen molar-refractivity contribution in [1.82, 2.24) is 0 Å². The summed E-state index contributed by atoms with van der Waals surface area (Å²) in [6.45, 7) is 0. The van der Waals surface area contributed by atoms with Gasteiger partial charge in [0.25, 0.3) is 11.6 Å². The molecule has 0 atom stereocenters. The lowest BCUT2D eigenvalue weighted by Crippen LogP contribution is -2.15. The van der Waals surface area contributed by atoms with Crippen molar-refractivity contribution in [3.8, 4) is 5.75 Å². The fraction of sp³-hybridized carbons (Fsp3) is 0.133. The van der Waals surface area contributed by atoms with Crippen LogP contribution in [0.4, 0.5) is 17.1 Å². The topological polar surface area (TPSA) is 95.7 Å². The summed E-state index contributed by atoms with van der Waals surface area (Å²) in [4.78, 5) is 24.3. The van der Waals surface area contributed by atoms with E-state index in [-0.39, 0.29) is 22.7 Å². The molecule has 1 amide bonds. The van der Waals surface area contributed by atoms with Crippen molar-refractivity contribution in [2.24, 2.45) is 0 Å². The van der Waals surface area contributed by atoms with Gasteiger partial charge in [0.15, 0.2) is 0 Å². The van der Waals surface area contributed by atoms with Gasteiger partial charge in [0, 0.05) is 25.7 Å². The predicted molar refractivity (Wildman–Crippen MR) is 83.5 cm³/mol. The minimum Gasteiger partial charge on any atom is -0.506 e. The van der Waals surface area contributed by atoms with Gasteiger partial charge in [-0.1, -0.05) is 12.1 Å². The summed E-state index contributed by atoms with van der Waals surface area (Å²) < 4.78 is 0. The number of anilines is 2. The molecule has 0 aliphatic rings. The van der Waals surface area contributed by atoms with Crippen LogP contribution in [0.1, 0.15) is 10.4 Å². The predicted octanol–water partition coefficient (Wildman–Crippen LogP) is 2.62. The maximum atomic E-state index is 12.2. The Kier molecular flexibility index (Phi) is 4.26. The molecule has 2 aromatic carbocycles. The van der Waals surface area contributed by atoms with E-state index in [2.05, 4.69) is 5.32 Å². The number of para-hydroxylation sites is 2. The van der Waals surface area contributed by atoms with E-state index in [0.717, 1.165) is 0 Å². The maximum Gasteiger partial charge on any atom is 0.293 e.